The smallest absolute Gasteiger partial charge is 0.261 e. The first-order chi connectivity index (χ1) is 8.13. The molecule has 0 spiro atoms. The maximum atomic E-state index is 11.6. The third kappa shape index (κ3) is 5.01. The summed E-state index contributed by atoms with van der Waals surface area (Å²) in [6, 6.07) is 1.72. The first-order valence-corrected chi connectivity index (χ1v) is 6.14. The molecular weight excluding hydrogens is 238 g/mol. The number of methoxy groups -OCH3 is 1. The van der Waals surface area contributed by atoms with Gasteiger partial charge in [-0.05, 0) is 6.92 Å². The van der Waals surface area contributed by atoms with Crippen molar-refractivity contribution in [3.8, 4) is 5.75 Å². The number of carbonyl (C=O) groups excluding carboxylic acids is 1. The van der Waals surface area contributed by atoms with E-state index >= 15 is 0 Å². The van der Waals surface area contributed by atoms with Crippen molar-refractivity contribution < 1.29 is 14.3 Å². The third-order valence-electron chi connectivity index (χ3n) is 1.92. The van der Waals surface area contributed by atoms with Crippen molar-refractivity contribution in [3.63, 3.8) is 0 Å². The maximum absolute atomic E-state index is 11.6. The van der Waals surface area contributed by atoms with Crippen molar-refractivity contribution in [1.82, 2.24) is 5.32 Å². The Morgan fingerprint density at radius 1 is 1.59 bits per heavy atom. The zero-order chi connectivity index (χ0) is 12.7. The fourth-order valence-electron chi connectivity index (χ4n) is 1.12. The van der Waals surface area contributed by atoms with Crippen LogP contribution in [0.25, 0.3) is 0 Å². The van der Waals surface area contributed by atoms with E-state index in [9.17, 15) is 4.79 Å². The van der Waals surface area contributed by atoms with Crippen LogP contribution >= 0.6 is 11.3 Å². The molecular formula is C12H17NO3S. The summed E-state index contributed by atoms with van der Waals surface area (Å²) >= 11 is 1.36. The molecule has 4 nitrogen and oxygen atoms in total. The van der Waals surface area contributed by atoms with E-state index in [1.165, 1.54) is 11.3 Å². The average molecular weight is 255 g/mol. The Bertz CT molecular complexity index is 387. The molecule has 0 radical (unpaired) electrons. The SMILES string of the molecule is C=C(C)COCCNC(=O)c1cc(OC)cs1. The highest BCUT2D eigenvalue weighted by atomic mass is 32.1. The normalized spacial score (nSPS) is 10.0. The fourth-order valence-corrected chi connectivity index (χ4v) is 1.89. The minimum atomic E-state index is -0.0998. The molecule has 1 aromatic rings. The molecule has 0 aromatic carbocycles. The molecule has 0 aliphatic rings. The summed E-state index contributed by atoms with van der Waals surface area (Å²) in [6.07, 6.45) is 0. The standard InChI is InChI=1S/C12H17NO3S/c1-9(2)7-16-5-4-13-12(14)11-6-10(15-3)8-17-11/h6,8H,1,4-5,7H2,2-3H3,(H,13,14). The van der Waals surface area contributed by atoms with Crippen LogP contribution in [-0.4, -0.2) is 32.8 Å². The van der Waals surface area contributed by atoms with Crippen molar-refractivity contribution in [2.75, 3.05) is 26.9 Å². The maximum Gasteiger partial charge on any atom is 0.261 e. The van der Waals surface area contributed by atoms with Crippen LogP contribution in [0, 0.1) is 0 Å². The van der Waals surface area contributed by atoms with Crippen LogP contribution in [0.1, 0.15) is 16.6 Å². The van der Waals surface area contributed by atoms with Crippen molar-refractivity contribution in [1.29, 1.82) is 0 Å². The van der Waals surface area contributed by atoms with E-state index in [0.717, 1.165) is 5.57 Å². The number of rotatable bonds is 7. The van der Waals surface area contributed by atoms with Gasteiger partial charge in [0.05, 0.1) is 25.2 Å². The van der Waals surface area contributed by atoms with E-state index in [-0.39, 0.29) is 5.91 Å². The van der Waals surface area contributed by atoms with Gasteiger partial charge in [0.25, 0.3) is 5.91 Å². The van der Waals surface area contributed by atoms with E-state index in [1.54, 1.807) is 18.6 Å². The van der Waals surface area contributed by atoms with Gasteiger partial charge in [-0.25, -0.2) is 0 Å². The zero-order valence-corrected chi connectivity index (χ0v) is 10.9. The lowest BCUT2D eigenvalue weighted by Gasteiger charge is -2.04. The summed E-state index contributed by atoms with van der Waals surface area (Å²) in [5.41, 5.74) is 0.972. The largest absolute Gasteiger partial charge is 0.496 e. The van der Waals surface area contributed by atoms with E-state index in [1.807, 2.05) is 6.92 Å². The average Bonchev–Trinajstić information content (AvgIpc) is 2.76. The summed E-state index contributed by atoms with van der Waals surface area (Å²) in [5.74, 6) is 0.607. The van der Waals surface area contributed by atoms with E-state index in [0.29, 0.717) is 30.4 Å². The molecule has 0 bridgehead atoms. The van der Waals surface area contributed by atoms with E-state index < -0.39 is 0 Å². The Balaban J connectivity index is 2.23. The molecule has 0 unspecified atom stereocenters. The van der Waals surface area contributed by atoms with Crippen LogP contribution in [0.15, 0.2) is 23.6 Å². The van der Waals surface area contributed by atoms with Gasteiger partial charge in [0.15, 0.2) is 0 Å². The fraction of sp³-hybridized carbons (Fsp3) is 0.417. The minimum Gasteiger partial charge on any atom is -0.496 e. The second kappa shape index (κ2) is 7.09. The molecule has 0 saturated carbocycles. The Morgan fingerprint density at radius 2 is 2.35 bits per heavy atom. The van der Waals surface area contributed by atoms with Crippen LogP contribution in [0.2, 0.25) is 0 Å². The Kier molecular flexibility index (Phi) is 5.72. The van der Waals surface area contributed by atoms with E-state index in [2.05, 4.69) is 11.9 Å². The van der Waals surface area contributed by atoms with Gasteiger partial charge in [0.1, 0.15) is 5.75 Å². The predicted molar refractivity (Wildman–Crippen MR) is 68.8 cm³/mol. The molecule has 1 amide bonds. The van der Waals surface area contributed by atoms with Crippen LogP contribution in [0.3, 0.4) is 0 Å². The number of hydrogen-bond donors (Lipinski definition) is 1. The lowest BCUT2D eigenvalue weighted by Crippen LogP contribution is -2.26. The van der Waals surface area contributed by atoms with Gasteiger partial charge in [0.2, 0.25) is 0 Å². The lowest BCUT2D eigenvalue weighted by molar-refractivity contribution is 0.0930. The van der Waals surface area contributed by atoms with Gasteiger partial charge in [-0.15, -0.1) is 11.3 Å². The van der Waals surface area contributed by atoms with Crippen molar-refractivity contribution in [2.45, 2.75) is 6.92 Å². The van der Waals surface area contributed by atoms with Crippen molar-refractivity contribution in [2.24, 2.45) is 0 Å². The summed E-state index contributed by atoms with van der Waals surface area (Å²) < 4.78 is 10.3. The Hall–Kier alpha value is -1.33. The second-order valence-electron chi connectivity index (χ2n) is 3.62. The molecule has 5 heteroatoms. The van der Waals surface area contributed by atoms with Crippen molar-refractivity contribution >= 4 is 17.2 Å². The molecule has 17 heavy (non-hydrogen) atoms. The van der Waals surface area contributed by atoms with Gasteiger partial charge in [-0.2, -0.15) is 0 Å². The highest BCUT2D eigenvalue weighted by molar-refractivity contribution is 7.12. The number of carbonyl (C=O) groups is 1. The van der Waals surface area contributed by atoms with Crippen LogP contribution in [0.4, 0.5) is 0 Å². The summed E-state index contributed by atoms with van der Waals surface area (Å²) in [6.45, 7) is 7.13. The van der Waals surface area contributed by atoms with Gasteiger partial charge in [0, 0.05) is 18.0 Å². The third-order valence-corrected chi connectivity index (χ3v) is 2.82. The number of amides is 1. The molecule has 94 valence electrons. The zero-order valence-electron chi connectivity index (χ0n) is 10.1. The number of hydrogen-bond acceptors (Lipinski definition) is 4. The molecule has 0 atom stereocenters. The second-order valence-corrected chi connectivity index (χ2v) is 4.53. The predicted octanol–water partition coefficient (Wildman–Crippen LogP) is 2.08. The van der Waals surface area contributed by atoms with Crippen LogP contribution in [0.5, 0.6) is 5.75 Å². The summed E-state index contributed by atoms with van der Waals surface area (Å²) in [4.78, 5) is 12.3. The number of ether oxygens (including phenoxy) is 2. The molecule has 1 heterocycles. The first-order valence-electron chi connectivity index (χ1n) is 5.26. The van der Waals surface area contributed by atoms with Gasteiger partial charge in [-0.3, -0.25) is 4.79 Å². The van der Waals surface area contributed by atoms with Gasteiger partial charge < -0.3 is 14.8 Å². The van der Waals surface area contributed by atoms with Crippen molar-refractivity contribution in [3.05, 3.63) is 28.5 Å². The molecule has 0 saturated heterocycles. The lowest BCUT2D eigenvalue weighted by atomic mass is 10.4. The molecule has 1 aromatic heterocycles. The first kappa shape index (κ1) is 13.7. The summed E-state index contributed by atoms with van der Waals surface area (Å²) in [7, 11) is 1.58. The van der Waals surface area contributed by atoms with Crippen LogP contribution < -0.4 is 10.1 Å². The molecule has 0 fully saturated rings. The molecule has 1 N–H and O–H groups in total. The number of nitrogens with one attached hydrogen (secondary N) is 1. The topological polar surface area (TPSA) is 47.6 Å². The monoisotopic (exact) mass is 255 g/mol. The molecule has 1 rings (SSSR count). The van der Waals surface area contributed by atoms with Gasteiger partial charge >= 0.3 is 0 Å². The van der Waals surface area contributed by atoms with Gasteiger partial charge in [-0.1, -0.05) is 12.2 Å². The van der Waals surface area contributed by atoms with E-state index in [4.69, 9.17) is 9.47 Å². The molecule has 0 aliphatic heterocycles. The molecule has 0 aliphatic carbocycles. The minimum absolute atomic E-state index is 0.0998. The Labute approximate surface area is 105 Å². The van der Waals surface area contributed by atoms with Crippen LogP contribution in [-0.2, 0) is 4.74 Å². The number of thiophene rings is 1. The quantitative estimate of drug-likeness (QED) is 0.599. The highest BCUT2D eigenvalue weighted by Crippen LogP contribution is 2.20. The summed E-state index contributed by atoms with van der Waals surface area (Å²) in [5, 5.41) is 4.57. The highest BCUT2D eigenvalue weighted by Gasteiger charge is 2.08. The Morgan fingerprint density at radius 3 is 2.94 bits per heavy atom.